The Balaban J connectivity index is 0.000000455. The second-order valence-corrected chi connectivity index (χ2v) is 13.0. The number of likely N-dealkylation sites (tertiary alicyclic amines) is 1. The molecule has 11 heteroatoms. The molecule has 0 aliphatic carbocycles. The van der Waals surface area contributed by atoms with Crippen LogP contribution in [0.2, 0.25) is 0 Å². The number of piperidine rings is 1. The quantitative estimate of drug-likeness (QED) is 0.131. The first kappa shape index (κ1) is 41.2. The molecule has 2 aromatic rings. The third kappa shape index (κ3) is 15.5. The van der Waals surface area contributed by atoms with Gasteiger partial charge in [0, 0.05) is 23.6 Å². The average Bonchev–Trinajstić information content (AvgIpc) is 3.56. The summed E-state index contributed by atoms with van der Waals surface area (Å²) in [4.78, 5) is 61.3. The van der Waals surface area contributed by atoms with Gasteiger partial charge in [-0.05, 0) is 94.4 Å². The highest BCUT2D eigenvalue weighted by Gasteiger charge is 2.41. The minimum atomic E-state index is -1.22. The molecule has 3 rings (SSSR count). The highest BCUT2D eigenvalue weighted by Crippen LogP contribution is 2.24. The number of carboxylic acid groups (broad SMARTS) is 1. The number of ketones is 2. The van der Waals surface area contributed by atoms with Crippen molar-refractivity contribution in [3.8, 4) is 5.75 Å². The summed E-state index contributed by atoms with van der Waals surface area (Å²) in [5, 5.41) is 11.3. The van der Waals surface area contributed by atoms with Gasteiger partial charge in [0.25, 0.3) is 5.91 Å². The molecule has 1 aliphatic heterocycles. The maximum atomic E-state index is 13.5. The highest BCUT2D eigenvalue weighted by atomic mass is 32.1. The zero-order valence-corrected chi connectivity index (χ0v) is 29.5. The van der Waals surface area contributed by atoms with Crippen LogP contribution in [0.4, 0.5) is 4.39 Å². The van der Waals surface area contributed by atoms with Crippen LogP contribution in [0.15, 0.2) is 47.9 Å². The molecule has 0 bridgehead atoms. The van der Waals surface area contributed by atoms with Crippen LogP contribution in [0.25, 0.3) is 0 Å². The number of amides is 1. The fraction of sp³-hybridized carbons (Fsp3) is 0.528. The highest BCUT2D eigenvalue weighted by molar-refractivity contribution is 7.09. The maximum absolute atomic E-state index is 13.5. The van der Waals surface area contributed by atoms with Crippen molar-refractivity contribution in [3.63, 3.8) is 0 Å². The molecule has 1 unspecified atom stereocenters. The van der Waals surface area contributed by atoms with E-state index in [4.69, 9.17) is 9.47 Å². The lowest BCUT2D eigenvalue weighted by Gasteiger charge is -2.34. The minimum absolute atomic E-state index is 0.0158. The summed E-state index contributed by atoms with van der Waals surface area (Å²) in [5.74, 6) is -3.05. The van der Waals surface area contributed by atoms with Crippen molar-refractivity contribution in [1.82, 2.24) is 4.90 Å². The van der Waals surface area contributed by atoms with E-state index in [1.165, 1.54) is 43.9 Å². The van der Waals surface area contributed by atoms with Crippen molar-refractivity contribution in [2.24, 2.45) is 11.3 Å². The predicted octanol–water partition coefficient (Wildman–Crippen LogP) is 6.86. The molecular formula is C36H50FNO8S. The van der Waals surface area contributed by atoms with Crippen molar-refractivity contribution in [1.29, 1.82) is 0 Å². The summed E-state index contributed by atoms with van der Waals surface area (Å²) in [6, 6.07) is 7.81. The van der Waals surface area contributed by atoms with E-state index in [0.29, 0.717) is 25.0 Å². The van der Waals surface area contributed by atoms with Gasteiger partial charge in [-0.1, -0.05) is 39.8 Å². The van der Waals surface area contributed by atoms with Gasteiger partial charge in [0.15, 0.2) is 5.78 Å². The van der Waals surface area contributed by atoms with E-state index in [9.17, 15) is 33.5 Å². The minimum Gasteiger partial charge on any atom is -0.486 e. The third-order valence-corrected chi connectivity index (χ3v) is 7.83. The summed E-state index contributed by atoms with van der Waals surface area (Å²) in [7, 11) is 0. The number of carbonyl (C=O) groups excluding carboxylic acids is 4. The topological polar surface area (TPSA) is 127 Å². The first-order valence-corrected chi connectivity index (χ1v) is 16.9. The number of aryl methyl sites for hydroxylation is 2. The van der Waals surface area contributed by atoms with Crippen molar-refractivity contribution in [2.45, 2.75) is 93.0 Å². The summed E-state index contributed by atoms with van der Waals surface area (Å²) < 4.78 is 23.8. The number of allylic oxidation sites excluding steroid dienone is 1. The number of rotatable bonds is 14. The van der Waals surface area contributed by atoms with Crippen molar-refractivity contribution >= 4 is 40.7 Å². The Hall–Kier alpha value is -3.86. The fourth-order valence-corrected chi connectivity index (χ4v) is 5.19. The lowest BCUT2D eigenvalue weighted by molar-refractivity contribution is -0.159. The van der Waals surface area contributed by atoms with Crippen LogP contribution in [0.1, 0.15) is 84.6 Å². The van der Waals surface area contributed by atoms with Crippen LogP contribution in [-0.4, -0.2) is 65.2 Å². The van der Waals surface area contributed by atoms with Gasteiger partial charge in [0.1, 0.15) is 30.8 Å². The molecule has 0 radical (unpaired) electrons. The molecule has 1 N–H and O–H groups in total. The van der Waals surface area contributed by atoms with E-state index in [1.54, 1.807) is 23.5 Å². The van der Waals surface area contributed by atoms with Gasteiger partial charge >= 0.3 is 11.9 Å². The largest absolute Gasteiger partial charge is 0.486 e. The molecule has 1 amide bonds. The molecule has 1 fully saturated rings. The molecule has 0 spiro atoms. The summed E-state index contributed by atoms with van der Waals surface area (Å²) in [5.41, 5.74) is -0.320. The number of benzene rings is 1. The number of ether oxygens (including phenoxy) is 2. The maximum Gasteiger partial charge on any atom is 0.330 e. The number of thiophene rings is 1. The van der Waals surface area contributed by atoms with Crippen molar-refractivity contribution < 1.29 is 42.9 Å². The van der Waals surface area contributed by atoms with Crippen LogP contribution >= 0.6 is 11.3 Å². The molecule has 2 heterocycles. The van der Waals surface area contributed by atoms with Crippen molar-refractivity contribution in [2.75, 3.05) is 19.8 Å². The molecular weight excluding hydrogens is 625 g/mol. The Bertz CT molecular complexity index is 1340. The number of Topliss-reactive ketones (excluding diaryl/α,β-unsaturated/α-hetero) is 2. The number of carbonyl (C=O) groups is 5. The van der Waals surface area contributed by atoms with E-state index in [2.05, 4.69) is 11.4 Å². The fourth-order valence-electron chi connectivity index (χ4n) is 4.44. The molecule has 1 aliphatic rings. The second-order valence-electron chi connectivity index (χ2n) is 12.0. The lowest BCUT2D eigenvalue weighted by Crippen LogP contribution is -2.53. The SMILES string of the molecule is CC.CC(=O)COc1cc(F)cc(CCCc2cccs2)c1.CC(C)/C=C\C(=O)OCC(C)(C)C(=O)C(=O)N1CCCCC1C(=O)O. The Labute approximate surface area is 282 Å². The molecule has 1 saturated heterocycles. The van der Waals surface area contributed by atoms with Crippen LogP contribution in [0.3, 0.4) is 0 Å². The molecule has 1 aromatic carbocycles. The van der Waals surface area contributed by atoms with Crippen LogP contribution in [-0.2, 0) is 41.6 Å². The average molecular weight is 676 g/mol. The first-order chi connectivity index (χ1) is 22.2. The third-order valence-electron chi connectivity index (χ3n) is 6.89. The predicted molar refractivity (Wildman–Crippen MR) is 181 cm³/mol. The number of halogens is 1. The summed E-state index contributed by atoms with van der Waals surface area (Å²) in [6.07, 6.45) is 7.44. The van der Waals surface area contributed by atoms with Gasteiger partial charge in [0.2, 0.25) is 5.78 Å². The number of carboxylic acids is 1. The molecule has 260 valence electrons. The van der Waals surface area contributed by atoms with Gasteiger partial charge in [-0.25, -0.2) is 14.0 Å². The van der Waals surface area contributed by atoms with E-state index < -0.39 is 35.1 Å². The Kier molecular flexibility index (Phi) is 18.5. The van der Waals surface area contributed by atoms with Crippen LogP contribution in [0, 0.1) is 17.2 Å². The van der Waals surface area contributed by atoms with Gasteiger partial charge in [-0.3, -0.25) is 14.4 Å². The zero-order chi connectivity index (χ0) is 35.6. The Morgan fingerprint density at radius 2 is 1.81 bits per heavy atom. The summed E-state index contributed by atoms with van der Waals surface area (Å²) >= 11 is 1.74. The van der Waals surface area contributed by atoms with Crippen LogP contribution < -0.4 is 4.74 Å². The van der Waals surface area contributed by atoms with E-state index in [0.717, 1.165) is 29.7 Å². The Morgan fingerprint density at radius 1 is 1.11 bits per heavy atom. The van der Waals surface area contributed by atoms with Gasteiger partial charge < -0.3 is 19.5 Å². The second kappa shape index (κ2) is 21.1. The number of aliphatic carboxylic acids is 1. The molecule has 47 heavy (non-hydrogen) atoms. The van der Waals surface area contributed by atoms with Crippen LogP contribution in [0.5, 0.6) is 5.75 Å². The summed E-state index contributed by atoms with van der Waals surface area (Å²) in [6.45, 7) is 12.3. The normalized spacial score (nSPS) is 14.4. The molecule has 1 aromatic heterocycles. The monoisotopic (exact) mass is 675 g/mol. The zero-order valence-electron chi connectivity index (χ0n) is 28.7. The molecule has 1 atom stereocenters. The van der Waals surface area contributed by atoms with Gasteiger partial charge in [-0.2, -0.15) is 0 Å². The smallest absolute Gasteiger partial charge is 0.330 e. The standard InChI is InChI=1S/C18H27NO6.C16H17FO2S.C2H6/c1-12(2)8-9-14(20)25-11-18(3,4)15(21)16(22)19-10-6-5-7-13(19)17(23)24;1-12(18)11-19-15-9-13(8-14(17)10-15)4-2-5-16-6-3-7-20-16;1-2/h8-9,12-13H,5-7,10-11H2,1-4H3,(H,23,24);3,6-10H,2,4-5,11H2,1H3;1-2H3/b9-8-;;. The number of nitrogens with zero attached hydrogens (tertiary/aromatic N) is 1. The molecule has 9 nitrogen and oxygen atoms in total. The van der Waals surface area contributed by atoms with E-state index in [1.807, 2.05) is 33.8 Å². The van der Waals surface area contributed by atoms with Gasteiger partial charge in [0.05, 0.1) is 5.41 Å². The van der Waals surface area contributed by atoms with E-state index in [-0.39, 0.29) is 37.3 Å². The number of esters is 1. The van der Waals surface area contributed by atoms with Crippen molar-refractivity contribution in [3.05, 3.63) is 64.1 Å². The molecule has 0 saturated carbocycles. The lowest BCUT2D eigenvalue weighted by atomic mass is 9.87. The number of hydrogen-bond acceptors (Lipinski definition) is 8. The van der Waals surface area contributed by atoms with Gasteiger partial charge in [-0.15, -0.1) is 11.3 Å². The number of hydrogen-bond donors (Lipinski definition) is 1. The van der Waals surface area contributed by atoms with E-state index >= 15 is 0 Å². The Morgan fingerprint density at radius 3 is 2.40 bits per heavy atom. The first-order valence-electron chi connectivity index (χ1n) is 16.1.